The molecule has 0 saturated heterocycles. The molecule has 0 bridgehead atoms. The van der Waals surface area contributed by atoms with Crippen molar-refractivity contribution in [1.82, 2.24) is 0 Å². The molecule has 0 spiro atoms. The van der Waals surface area contributed by atoms with E-state index in [2.05, 4.69) is 6.58 Å². The largest absolute Gasteiger partial charge is 0.388 e. The summed E-state index contributed by atoms with van der Waals surface area (Å²) in [5, 5.41) is 9.49. The highest BCUT2D eigenvalue weighted by molar-refractivity contribution is 5.71. The first-order chi connectivity index (χ1) is 5.29. The van der Waals surface area contributed by atoms with Crippen molar-refractivity contribution >= 4 is 5.57 Å². The molecule has 0 aliphatic heterocycles. The molecule has 1 aliphatic carbocycles. The highest BCUT2D eigenvalue weighted by atomic mass is 16.3. The van der Waals surface area contributed by atoms with E-state index in [1.165, 1.54) is 0 Å². The lowest BCUT2D eigenvalue weighted by Gasteiger charge is -2.00. The van der Waals surface area contributed by atoms with Crippen molar-refractivity contribution in [1.29, 1.82) is 0 Å². The zero-order chi connectivity index (χ0) is 7.84. The van der Waals surface area contributed by atoms with Crippen LogP contribution in [0.5, 0.6) is 0 Å². The molecule has 1 aromatic rings. The fourth-order valence-electron chi connectivity index (χ4n) is 1.56. The molecular formula is C10H10O. The smallest absolute Gasteiger partial charge is 0.0836 e. The van der Waals surface area contributed by atoms with Crippen LogP contribution in [0, 0.1) is 0 Å². The molecule has 0 heterocycles. The van der Waals surface area contributed by atoms with Crippen molar-refractivity contribution in [3.63, 3.8) is 0 Å². The monoisotopic (exact) mass is 146 g/mol. The minimum atomic E-state index is -0.321. The summed E-state index contributed by atoms with van der Waals surface area (Å²) in [6.45, 7) is 3.89. The van der Waals surface area contributed by atoms with Crippen molar-refractivity contribution in [2.45, 2.75) is 12.5 Å². The number of hydrogen-bond acceptors (Lipinski definition) is 1. The van der Waals surface area contributed by atoms with Crippen LogP contribution < -0.4 is 0 Å². The molecule has 0 radical (unpaired) electrons. The Labute approximate surface area is 66.0 Å². The molecule has 11 heavy (non-hydrogen) atoms. The van der Waals surface area contributed by atoms with Gasteiger partial charge in [-0.15, -0.1) is 0 Å². The molecule has 1 nitrogen and oxygen atoms in total. The van der Waals surface area contributed by atoms with Crippen LogP contribution in [0.15, 0.2) is 30.8 Å². The van der Waals surface area contributed by atoms with Crippen LogP contribution in [-0.2, 0) is 0 Å². The van der Waals surface area contributed by atoms with Crippen molar-refractivity contribution < 1.29 is 5.11 Å². The Balaban J connectivity index is 2.60. The topological polar surface area (TPSA) is 20.2 Å². The van der Waals surface area contributed by atoms with Gasteiger partial charge in [0, 0.05) is 6.42 Å². The van der Waals surface area contributed by atoms with Gasteiger partial charge in [0.05, 0.1) is 6.10 Å². The first-order valence-electron chi connectivity index (χ1n) is 3.74. The van der Waals surface area contributed by atoms with E-state index in [4.69, 9.17) is 0 Å². The average molecular weight is 146 g/mol. The van der Waals surface area contributed by atoms with Crippen molar-refractivity contribution in [3.05, 3.63) is 42.0 Å². The van der Waals surface area contributed by atoms with Crippen LogP contribution in [0.25, 0.3) is 5.57 Å². The Hall–Kier alpha value is -1.08. The Morgan fingerprint density at radius 2 is 2.09 bits per heavy atom. The second-order valence-corrected chi connectivity index (χ2v) is 2.91. The molecule has 0 fully saturated rings. The maximum Gasteiger partial charge on any atom is 0.0836 e. The standard InChI is InChI=1S/C10H10O/c1-7-6-10(11)9-5-3-2-4-8(7)9/h2-5,10-11H,1,6H2/t10-/m1/s1. The number of aliphatic hydroxyl groups excluding tert-OH is 1. The van der Waals surface area contributed by atoms with Crippen LogP contribution in [0.4, 0.5) is 0 Å². The zero-order valence-corrected chi connectivity index (χ0v) is 6.25. The molecule has 1 N–H and O–H groups in total. The molecular weight excluding hydrogens is 136 g/mol. The summed E-state index contributed by atoms with van der Waals surface area (Å²) in [6, 6.07) is 7.88. The van der Waals surface area contributed by atoms with Gasteiger partial charge in [0.1, 0.15) is 0 Å². The Kier molecular flexibility index (Phi) is 1.33. The highest BCUT2D eigenvalue weighted by Gasteiger charge is 2.21. The molecule has 0 saturated carbocycles. The minimum absolute atomic E-state index is 0.321. The van der Waals surface area contributed by atoms with Crippen molar-refractivity contribution in [3.8, 4) is 0 Å². The highest BCUT2D eigenvalue weighted by Crippen LogP contribution is 2.37. The SMILES string of the molecule is C=C1C[C@@H](O)c2ccccc21. The molecule has 1 aromatic carbocycles. The summed E-state index contributed by atoms with van der Waals surface area (Å²) in [6.07, 6.45) is 0.373. The van der Waals surface area contributed by atoms with Gasteiger partial charge in [-0.1, -0.05) is 30.8 Å². The Morgan fingerprint density at radius 3 is 2.82 bits per heavy atom. The van der Waals surface area contributed by atoms with Crippen molar-refractivity contribution in [2.24, 2.45) is 0 Å². The molecule has 1 heteroatoms. The summed E-state index contributed by atoms with van der Waals surface area (Å²) in [7, 11) is 0. The van der Waals surface area contributed by atoms with Gasteiger partial charge in [-0.3, -0.25) is 0 Å². The maximum absolute atomic E-state index is 9.49. The number of rotatable bonds is 0. The summed E-state index contributed by atoms with van der Waals surface area (Å²) in [5.41, 5.74) is 3.20. The fourth-order valence-corrected chi connectivity index (χ4v) is 1.56. The predicted molar refractivity (Wildman–Crippen MR) is 45.1 cm³/mol. The Bertz CT molecular complexity index is 301. The van der Waals surface area contributed by atoms with E-state index in [0.29, 0.717) is 6.42 Å². The van der Waals surface area contributed by atoms with Crippen LogP contribution in [0.3, 0.4) is 0 Å². The van der Waals surface area contributed by atoms with Gasteiger partial charge in [-0.05, 0) is 16.7 Å². The summed E-state index contributed by atoms with van der Waals surface area (Å²) < 4.78 is 0. The molecule has 1 atom stereocenters. The summed E-state index contributed by atoms with van der Waals surface area (Å²) in [5.74, 6) is 0. The second kappa shape index (κ2) is 2.21. The lowest BCUT2D eigenvalue weighted by molar-refractivity contribution is 0.190. The second-order valence-electron chi connectivity index (χ2n) is 2.91. The quantitative estimate of drug-likeness (QED) is 0.594. The summed E-state index contributed by atoms with van der Waals surface area (Å²) >= 11 is 0. The third-order valence-corrected chi connectivity index (χ3v) is 2.14. The first kappa shape index (κ1) is 6.62. The molecule has 1 aliphatic rings. The van der Waals surface area contributed by atoms with Gasteiger partial charge in [0.25, 0.3) is 0 Å². The molecule has 2 rings (SSSR count). The van der Waals surface area contributed by atoms with E-state index in [1.807, 2.05) is 24.3 Å². The molecule has 0 amide bonds. The number of fused-ring (bicyclic) bond motifs is 1. The third-order valence-electron chi connectivity index (χ3n) is 2.14. The predicted octanol–water partition coefficient (Wildman–Crippen LogP) is 2.14. The van der Waals surface area contributed by atoms with E-state index in [1.54, 1.807) is 0 Å². The number of benzene rings is 1. The normalized spacial score (nSPS) is 21.9. The third kappa shape index (κ3) is 0.889. The van der Waals surface area contributed by atoms with Gasteiger partial charge in [0.2, 0.25) is 0 Å². The van der Waals surface area contributed by atoms with E-state index in [9.17, 15) is 5.11 Å². The van der Waals surface area contributed by atoms with Crippen LogP contribution in [0.1, 0.15) is 23.7 Å². The van der Waals surface area contributed by atoms with E-state index in [0.717, 1.165) is 16.7 Å². The van der Waals surface area contributed by atoms with Crippen molar-refractivity contribution in [2.75, 3.05) is 0 Å². The molecule has 0 aromatic heterocycles. The summed E-state index contributed by atoms with van der Waals surface area (Å²) in [4.78, 5) is 0. The maximum atomic E-state index is 9.49. The molecule has 56 valence electrons. The average Bonchev–Trinajstić information content (AvgIpc) is 2.30. The van der Waals surface area contributed by atoms with Crippen LogP contribution >= 0.6 is 0 Å². The van der Waals surface area contributed by atoms with Gasteiger partial charge < -0.3 is 5.11 Å². The lowest BCUT2D eigenvalue weighted by atomic mass is 10.1. The van der Waals surface area contributed by atoms with Crippen LogP contribution in [-0.4, -0.2) is 5.11 Å². The lowest BCUT2D eigenvalue weighted by Crippen LogP contribution is -1.88. The number of aliphatic hydroxyl groups is 1. The van der Waals surface area contributed by atoms with Gasteiger partial charge >= 0.3 is 0 Å². The van der Waals surface area contributed by atoms with Gasteiger partial charge in [-0.2, -0.15) is 0 Å². The first-order valence-corrected chi connectivity index (χ1v) is 3.74. The molecule has 0 unspecified atom stereocenters. The van der Waals surface area contributed by atoms with Gasteiger partial charge in [-0.25, -0.2) is 0 Å². The number of hydrogen-bond donors (Lipinski definition) is 1. The van der Waals surface area contributed by atoms with E-state index in [-0.39, 0.29) is 6.10 Å². The zero-order valence-electron chi connectivity index (χ0n) is 6.25. The minimum Gasteiger partial charge on any atom is -0.388 e. The van der Waals surface area contributed by atoms with Gasteiger partial charge in [0.15, 0.2) is 0 Å². The van der Waals surface area contributed by atoms with E-state index >= 15 is 0 Å². The Morgan fingerprint density at radius 1 is 1.36 bits per heavy atom. The van der Waals surface area contributed by atoms with E-state index < -0.39 is 0 Å². The fraction of sp³-hybridized carbons (Fsp3) is 0.200. The van der Waals surface area contributed by atoms with Crippen LogP contribution in [0.2, 0.25) is 0 Å².